The molecule has 0 saturated heterocycles. The fraction of sp³-hybridized carbons (Fsp3) is 0.556. The Morgan fingerprint density at radius 2 is 2.06 bits per heavy atom. The average molecular weight is 252 g/mol. The summed E-state index contributed by atoms with van der Waals surface area (Å²) in [4.78, 5) is 6.87. The van der Waals surface area contributed by atoms with Gasteiger partial charge in [-0.25, -0.2) is 4.98 Å². The SMILES string of the molecule is CCCCSc1nc(O)cc(C(F)(F)F)n1. The molecular weight excluding hydrogens is 241 g/mol. The molecule has 0 radical (unpaired) electrons. The normalized spacial score (nSPS) is 11.8. The first kappa shape index (κ1) is 13.1. The first-order chi connectivity index (χ1) is 7.43. The average Bonchev–Trinajstić information content (AvgIpc) is 2.16. The lowest BCUT2D eigenvalue weighted by molar-refractivity contribution is -0.141. The highest BCUT2D eigenvalue weighted by Crippen LogP contribution is 2.30. The standard InChI is InChI=1S/C9H11F3N2OS/c1-2-3-4-16-8-13-6(9(10,11)12)5-7(15)14-8/h5H,2-4H2,1H3,(H,13,14,15). The number of hydrogen-bond acceptors (Lipinski definition) is 4. The number of halogens is 3. The Kier molecular flexibility index (Phi) is 4.40. The third-order valence-electron chi connectivity index (χ3n) is 1.71. The van der Waals surface area contributed by atoms with E-state index < -0.39 is 17.8 Å². The van der Waals surface area contributed by atoms with E-state index in [0.29, 0.717) is 11.8 Å². The fourth-order valence-electron chi connectivity index (χ4n) is 0.930. The van der Waals surface area contributed by atoms with Crippen LogP contribution in [0.2, 0.25) is 0 Å². The molecule has 0 aliphatic rings. The third kappa shape index (κ3) is 3.88. The van der Waals surface area contributed by atoms with Crippen molar-refractivity contribution in [3.05, 3.63) is 11.8 Å². The van der Waals surface area contributed by atoms with E-state index >= 15 is 0 Å². The summed E-state index contributed by atoms with van der Waals surface area (Å²) in [6, 6.07) is 0.518. The largest absolute Gasteiger partial charge is 0.493 e. The van der Waals surface area contributed by atoms with Crippen molar-refractivity contribution < 1.29 is 18.3 Å². The minimum absolute atomic E-state index is 0.0409. The minimum atomic E-state index is -4.56. The Morgan fingerprint density at radius 1 is 1.38 bits per heavy atom. The lowest BCUT2D eigenvalue weighted by atomic mass is 10.4. The number of rotatable bonds is 4. The quantitative estimate of drug-likeness (QED) is 0.508. The first-order valence-corrected chi connectivity index (χ1v) is 5.70. The fourth-order valence-corrected chi connectivity index (χ4v) is 1.87. The predicted molar refractivity (Wildman–Crippen MR) is 54.3 cm³/mol. The molecule has 0 spiro atoms. The van der Waals surface area contributed by atoms with Crippen LogP contribution in [-0.2, 0) is 6.18 Å². The monoisotopic (exact) mass is 252 g/mol. The van der Waals surface area contributed by atoms with Gasteiger partial charge in [0.15, 0.2) is 10.9 Å². The molecule has 0 saturated carbocycles. The number of alkyl halides is 3. The molecule has 1 aromatic rings. The van der Waals surface area contributed by atoms with Crippen LogP contribution < -0.4 is 0 Å². The van der Waals surface area contributed by atoms with Gasteiger partial charge in [0.05, 0.1) is 0 Å². The second-order valence-electron chi connectivity index (χ2n) is 3.09. The summed E-state index contributed by atoms with van der Waals surface area (Å²) in [7, 11) is 0. The highest BCUT2D eigenvalue weighted by atomic mass is 32.2. The van der Waals surface area contributed by atoms with Crippen LogP contribution in [0.4, 0.5) is 13.2 Å². The maximum absolute atomic E-state index is 12.3. The van der Waals surface area contributed by atoms with Gasteiger partial charge in [-0.1, -0.05) is 25.1 Å². The first-order valence-electron chi connectivity index (χ1n) is 4.71. The van der Waals surface area contributed by atoms with Crippen molar-refractivity contribution in [2.24, 2.45) is 0 Å². The summed E-state index contributed by atoms with van der Waals surface area (Å²) in [5, 5.41) is 9.01. The molecule has 0 aliphatic heterocycles. The van der Waals surface area contributed by atoms with E-state index in [-0.39, 0.29) is 5.16 Å². The van der Waals surface area contributed by atoms with Gasteiger partial charge in [-0.05, 0) is 6.42 Å². The van der Waals surface area contributed by atoms with Crippen molar-refractivity contribution in [1.29, 1.82) is 0 Å². The van der Waals surface area contributed by atoms with Crippen LogP contribution in [0.3, 0.4) is 0 Å². The van der Waals surface area contributed by atoms with Crippen LogP contribution in [0.5, 0.6) is 5.88 Å². The van der Waals surface area contributed by atoms with Gasteiger partial charge >= 0.3 is 6.18 Å². The lowest BCUT2D eigenvalue weighted by Gasteiger charge is -2.07. The number of unbranched alkanes of at least 4 members (excludes halogenated alkanes) is 1. The van der Waals surface area contributed by atoms with Gasteiger partial charge in [-0.15, -0.1) is 0 Å². The molecule has 7 heteroatoms. The summed E-state index contributed by atoms with van der Waals surface area (Å²) in [5.74, 6) is -0.0154. The second-order valence-corrected chi connectivity index (χ2v) is 4.16. The Bertz CT molecular complexity index is 357. The minimum Gasteiger partial charge on any atom is -0.493 e. The number of nitrogens with zero attached hydrogens (tertiary/aromatic N) is 2. The molecule has 0 amide bonds. The number of thioether (sulfide) groups is 1. The maximum Gasteiger partial charge on any atom is 0.433 e. The van der Waals surface area contributed by atoms with E-state index in [1.807, 2.05) is 6.92 Å². The molecule has 90 valence electrons. The van der Waals surface area contributed by atoms with Crippen molar-refractivity contribution in [3.8, 4) is 5.88 Å². The van der Waals surface area contributed by atoms with Gasteiger partial charge < -0.3 is 5.11 Å². The van der Waals surface area contributed by atoms with Gasteiger partial charge in [0, 0.05) is 11.8 Å². The highest BCUT2D eigenvalue weighted by Gasteiger charge is 2.33. The van der Waals surface area contributed by atoms with Gasteiger partial charge in [0.2, 0.25) is 5.88 Å². The van der Waals surface area contributed by atoms with E-state index in [4.69, 9.17) is 5.11 Å². The van der Waals surface area contributed by atoms with Crippen molar-refractivity contribution in [3.63, 3.8) is 0 Å². The third-order valence-corrected chi connectivity index (χ3v) is 2.65. The highest BCUT2D eigenvalue weighted by molar-refractivity contribution is 7.99. The van der Waals surface area contributed by atoms with Crippen LogP contribution in [0.15, 0.2) is 11.2 Å². The summed E-state index contributed by atoms with van der Waals surface area (Å²) in [6.07, 6.45) is -2.75. The molecule has 1 aromatic heterocycles. The summed E-state index contributed by atoms with van der Waals surface area (Å²) in [5.41, 5.74) is -1.11. The molecular formula is C9H11F3N2OS. The topological polar surface area (TPSA) is 46.0 Å². The van der Waals surface area contributed by atoms with E-state index in [2.05, 4.69) is 9.97 Å². The molecule has 1 heterocycles. The summed E-state index contributed by atoms with van der Waals surface area (Å²) < 4.78 is 37.0. The number of aromatic hydroxyl groups is 1. The van der Waals surface area contributed by atoms with E-state index in [9.17, 15) is 13.2 Å². The van der Waals surface area contributed by atoms with Crippen LogP contribution in [-0.4, -0.2) is 20.8 Å². The van der Waals surface area contributed by atoms with E-state index in [1.165, 1.54) is 0 Å². The van der Waals surface area contributed by atoms with Crippen molar-refractivity contribution >= 4 is 11.8 Å². The molecule has 16 heavy (non-hydrogen) atoms. The smallest absolute Gasteiger partial charge is 0.433 e. The van der Waals surface area contributed by atoms with E-state index in [1.54, 1.807) is 0 Å². The maximum atomic E-state index is 12.3. The summed E-state index contributed by atoms with van der Waals surface area (Å²) >= 11 is 1.11. The van der Waals surface area contributed by atoms with Crippen LogP contribution in [0.1, 0.15) is 25.5 Å². The zero-order valence-corrected chi connectivity index (χ0v) is 9.40. The van der Waals surface area contributed by atoms with Gasteiger partial charge in [0.1, 0.15) is 0 Å². The second kappa shape index (κ2) is 5.38. The molecule has 0 aromatic carbocycles. The molecule has 1 N–H and O–H groups in total. The Hall–Kier alpha value is -0.980. The molecule has 0 fully saturated rings. The van der Waals surface area contributed by atoms with Crippen molar-refractivity contribution in [2.45, 2.75) is 31.1 Å². The zero-order valence-electron chi connectivity index (χ0n) is 8.58. The molecule has 0 atom stereocenters. The van der Waals surface area contributed by atoms with Crippen LogP contribution in [0, 0.1) is 0 Å². The van der Waals surface area contributed by atoms with Crippen LogP contribution in [0.25, 0.3) is 0 Å². The van der Waals surface area contributed by atoms with Crippen molar-refractivity contribution in [2.75, 3.05) is 5.75 Å². The number of aromatic nitrogens is 2. The summed E-state index contributed by atoms with van der Waals surface area (Å²) in [6.45, 7) is 1.98. The van der Waals surface area contributed by atoms with E-state index in [0.717, 1.165) is 24.6 Å². The van der Waals surface area contributed by atoms with Gasteiger partial charge in [-0.3, -0.25) is 0 Å². The van der Waals surface area contributed by atoms with Crippen LogP contribution >= 0.6 is 11.8 Å². The molecule has 1 rings (SSSR count). The predicted octanol–water partition coefficient (Wildman–Crippen LogP) is 3.09. The zero-order chi connectivity index (χ0) is 12.2. The molecule has 0 aliphatic carbocycles. The Balaban J connectivity index is 2.82. The molecule has 0 unspecified atom stereocenters. The lowest BCUT2D eigenvalue weighted by Crippen LogP contribution is -2.09. The Labute approximate surface area is 95.1 Å². The van der Waals surface area contributed by atoms with Crippen molar-refractivity contribution in [1.82, 2.24) is 9.97 Å². The Morgan fingerprint density at radius 3 is 2.62 bits per heavy atom. The molecule has 0 bridgehead atoms. The molecule has 3 nitrogen and oxygen atoms in total. The van der Waals surface area contributed by atoms with Gasteiger partial charge in [0.25, 0.3) is 0 Å². The van der Waals surface area contributed by atoms with Gasteiger partial charge in [-0.2, -0.15) is 18.2 Å². The number of hydrogen-bond donors (Lipinski definition) is 1.